The summed E-state index contributed by atoms with van der Waals surface area (Å²) in [5, 5.41) is 10.0. The van der Waals surface area contributed by atoms with Crippen molar-refractivity contribution in [2.75, 3.05) is 0 Å². The molecule has 0 radical (unpaired) electrons. The SMILES string of the molecule is CC1CCC(C(C)(C)C(=O)O)C(C23C4C=CC(C4)C2C2CCC3C2)C1. The van der Waals surface area contributed by atoms with Crippen LogP contribution in [0.15, 0.2) is 12.2 Å². The van der Waals surface area contributed by atoms with Gasteiger partial charge in [0.25, 0.3) is 0 Å². The molecule has 4 fully saturated rings. The van der Waals surface area contributed by atoms with E-state index in [0.717, 1.165) is 41.9 Å². The van der Waals surface area contributed by atoms with Gasteiger partial charge in [-0.05, 0) is 105 Å². The fraction of sp³-hybridized carbons (Fsp3) is 0.870. The van der Waals surface area contributed by atoms with Gasteiger partial charge in [-0.25, -0.2) is 0 Å². The van der Waals surface area contributed by atoms with E-state index < -0.39 is 11.4 Å². The van der Waals surface area contributed by atoms with Gasteiger partial charge in [-0.2, -0.15) is 0 Å². The van der Waals surface area contributed by atoms with Crippen LogP contribution in [0.4, 0.5) is 0 Å². The number of fused-ring (bicyclic) bond motifs is 9. The van der Waals surface area contributed by atoms with Crippen molar-refractivity contribution in [1.82, 2.24) is 0 Å². The lowest BCUT2D eigenvalue weighted by Crippen LogP contribution is -2.53. The summed E-state index contributed by atoms with van der Waals surface area (Å²) in [5.41, 5.74) is -0.133. The number of carboxylic acids is 1. The van der Waals surface area contributed by atoms with Crippen LogP contribution in [-0.2, 0) is 4.79 Å². The molecule has 0 aromatic rings. The number of carbonyl (C=O) groups is 1. The number of hydrogen-bond donors (Lipinski definition) is 1. The summed E-state index contributed by atoms with van der Waals surface area (Å²) < 4.78 is 0. The lowest BCUT2D eigenvalue weighted by Gasteiger charge is -2.57. The molecule has 1 N–H and O–H groups in total. The molecule has 0 spiro atoms. The first-order valence-corrected chi connectivity index (χ1v) is 10.8. The van der Waals surface area contributed by atoms with Gasteiger partial charge in [-0.15, -0.1) is 0 Å². The standard InChI is InChI=1S/C23H34O2/c1-13-4-9-18(22(2,3)21(24)25)19(10-13)23-16-7-5-14(11-16)20(23)15-6-8-17(23)12-15/h5,7,13-20H,4,6,8-12H2,1-3H3,(H,24,25). The fourth-order valence-electron chi connectivity index (χ4n) is 8.89. The average molecular weight is 343 g/mol. The van der Waals surface area contributed by atoms with Gasteiger partial charge in [0, 0.05) is 0 Å². The van der Waals surface area contributed by atoms with E-state index >= 15 is 0 Å². The third-order valence-corrected chi connectivity index (χ3v) is 9.72. The van der Waals surface area contributed by atoms with Crippen LogP contribution in [0.3, 0.4) is 0 Å². The maximum Gasteiger partial charge on any atom is 0.309 e. The van der Waals surface area contributed by atoms with E-state index in [1.165, 1.54) is 38.5 Å². The number of rotatable bonds is 3. The van der Waals surface area contributed by atoms with E-state index in [0.29, 0.717) is 17.3 Å². The van der Waals surface area contributed by atoms with Gasteiger partial charge in [0.2, 0.25) is 0 Å². The zero-order valence-corrected chi connectivity index (χ0v) is 16.1. The predicted molar refractivity (Wildman–Crippen MR) is 98.9 cm³/mol. The second kappa shape index (κ2) is 5.14. The fourth-order valence-corrected chi connectivity index (χ4v) is 8.89. The molecule has 5 aliphatic carbocycles. The van der Waals surface area contributed by atoms with Crippen LogP contribution in [0.25, 0.3) is 0 Å². The Hall–Kier alpha value is -0.790. The Labute approximate surface area is 152 Å². The Kier molecular flexibility index (Phi) is 3.37. The molecule has 0 saturated heterocycles. The van der Waals surface area contributed by atoms with E-state index in [4.69, 9.17) is 0 Å². The minimum Gasteiger partial charge on any atom is -0.481 e. The third kappa shape index (κ3) is 1.90. The van der Waals surface area contributed by atoms with Gasteiger partial charge < -0.3 is 5.11 Å². The maximum atomic E-state index is 12.2. The molecule has 4 saturated carbocycles. The van der Waals surface area contributed by atoms with Gasteiger partial charge in [0.15, 0.2) is 0 Å². The van der Waals surface area contributed by atoms with Crippen molar-refractivity contribution in [2.45, 2.75) is 65.7 Å². The van der Waals surface area contributed by atoms with Crippen LogP contribution in [-0.4, -0.2) is 11.1 Å². The van der Waals surface area contributed by atoms with Gasteiger partial charge in [0.05, 0.1) is 5.41 Å². The van der Waals surface area contributed by atoms with Gasteiger partial charge in [-0.1, -0.05) is 25.5 Å². The molecule has 9 atom stereocenters. The first-order valence-electron chi connectivity index (χ1n) is 10.8. The minimum atomic E-state index is -0.586. The topological polar surface area (TPSA) is 37.3 Å². The molecule has 2 heteroatoms. The van der Waals surface area contributed by atoms with Crippen molar-refractivity contribution in [1.29, 1.82) is 0 Å². The molecule has 0 aromatic carbocycles. The molecular weight excluding hydrogens is 308 g/mol. The Morgan fingerprint density at radius 3 is 2.64 bits per heavy atom. The average Bonchev–Trinajstić information content (AvgIpc) is 3.33. The molecule has 2 nitrogen and oxygen atoms in total. The zero-order valence-electron chi connectivity index (χ0n) is 16.1. The summed E-state index contributed by atoms with van der Waals surface area (Å²) in [4.78, 5) is 12.2. The Morgan fingerprint density at radius 1 is 1.08 bits per heavy atom. The van der Waals surface area contributed by atoms with E-state index in [-0.39, 0.29) is 0 Å². The normalized spacial score (nSPS) is 53.4. The molecule has 4 bridgehead atoms. The lowest BCUT2D eigenvalue weighted by molar-refractivity contribution is -0.159. The Morgan fingerprint density at radius 2 is 1.88 bits per heavy atom. The highest BCUT2D eigenvalue weighted by molar-refractivity contribution is 5.74. The minimum absolute atomic E-state index is 0.357. The second-order valence-corrected chi connectivity index (χ2v) is 10.8. The van der Waals surface area contributed by atoms with Crippen LogP contribution >= 0.6 is 0 Å². The molecule has 5 aliphatic rings. The summed E-state index contributed by atoms with van der Waals surface area (Å²) in [7, 11) is 0. The largest absolute Gasteiger partial charge is 0.481 e. The molecule has 0 amide bonds. The van der Waals surface area contributed by atoms with Gasteiger partial charge >= 0.3 is 5.97 Å². The molecule has 138 valence electrons. The molecule has 9 unspecified atom stereocenters. The first kappa shape index (κ1) is 16.4. The third-order valence-electron chi connectivity index (χ3n) is 9.72. The molecule has 0 aliphatic heterocycles. The lowest BCUT2D eigenvalue weighted by atomic mass is 9.46. The molecule has 0 aromatic heterocycles. The molecule has 5 rings (SSSR count). The quantitative estimate of drug-likeness (QED) is 0.551. The van der Waals surface area contributed by atoms with Crippen LogP contribution in [0, 0.1) is 58.2 Å². The van der Waals surface area contributed by atoms with Crippen LogP contribution in [0.1, 0.15) is 65.7 Å². The molecular formula is C23H34O2. The summed E-state index contributed by atoms with van der Waals surface area (Å²) in [6.07, 6.45) is 14.4. The van der Waals surface area contributed by atoms with Crippen LogP contribution in [0.2, 0.25) is 0 Å². The van der Waals surface area contributed by atoms with Crippen molar-refractivity contribution < 1.29 is 9.90 Å². The molecule has 25 heavy (non-hydrogen) atoms. The predicted octanol–water partition coefficient (Wildman–Crippen LogP) is 5.39. The first-order chi connectivity index (χ1) is 11.9. The summed E-state index contributed by atoms with van der Waals surface area (Å²) >= 11 is 0. The maximum absolute atomic E-state index is 12.2. The summed E-state index contributed by atoms with van der Waals surface area (Å²) in [6.45, 7) is 6.45. The summed E-state index contributed by atoms with van der Waals surface area (Å²) in [6, 6.07) is 0. The van der Waals surface area contributed by atoms with E-state index in [1.54, 1.807) is 0 Å². The number of allylic oxidation sites excluding steroid dienone is 2. The van der Waals surface area contributed by atoms with Crippen LogP contribution in [0.5, 0.6) is 0 Å². The van der Waals surface area contributed by atoms with Crippen molar-refractivity contribution in [3.05, 3.63) is 12.2 Å². The van der Waals surface area contributed by atoms with Gasteiger partial charge in [-0.3, -0.25) is 4.79 Å². The second-order valence-electron chi connectivity index (χ2n) is 10.8. The Balaban J connectivity index is 1.61. The monoisotopic (exact) mass is 342 g/mol. The Bertz CT molecular complexity index is 620. The number of hydrogen-bond acceptors (Lipinski definition) is 1. The summed E-state index contributed by atoms with van der Waals surface area (Å²) in [5.74, 6) is 5.43. The number of aliphatic carboxylic acids is 1. The highest BCUT2D eigenvalue weighted by Crippen LogP contribution is 2.77. The highest BCUT2D eigenvalue weighted by Gasteiger charge is 2.71. The van der Waals surface area contributed by atoms with E-state index in [1.807, 2.05) is 13.8 Å². The van der Waals surface area contributed by atoms with Crippen LogP contribution < -0.4 is 0 Å². The van der Waals surface area contributed by atoms with Crippen molar-refractivity contribution in [3.63, 3.8) is 0 Å². The molecule has 0 heterocycles. The smallest absolute Gasteiger partial charge is 0.309 e. The van der Waals surface area contributed by atoms with Crippen molar-refractivity contribution >= 4 is 5.97 Å². The zero-order chi connectivity index (χ0) is 17.6. The van der Waals surface area contributed by atoms with Crippen molar-refractivity contribution in [2.24, 2.45) is 58.2 Å². The highest BCUT2D eigenvalue weighted by atomic mass is 16.4. The number of carboxylic acid groups (broad SMARTS) is 1. The van der Waals surface area contributed by atoms with E-state index in [9.17, 15) is 9.90 Å². The van der Waals surface area contributed by atoms with Gasteiger partial charge in [0.1, 0.15) is 0 Å². The van der Waals surface area contributed by atoms with Crippen molar-refractivity contribution in [3.8, 4) is 0 Å². The van der Waals surface area contributed by atoms with E-state index in [2.05, 4.69) is 19.1 Å².